The predicted octanol–water partition coefficient (Wildman–Crippen LogP) is 2.53. The van der Waals surface area contributed by atoms with E-state index in [2.05, 4.69) is 25.0 Å². The van der Waals surface area contributed by atoms with Crippen molar-refractivity contribution in [1.29, 1.82) is 0 Å². The molecule has 2 heterocycles. The maximum Gasteiger partial charge on any atom is 0.263 e. The molecule has 3 rings (SSSR count). The molecule has 0 bridgehead atoms. The number of carbonyl (C=O) groups is 1. The summed E-state index contributed by atoms with van der Waals surface area (Å²) >= 11 is 1.11. The molecule has 0 aliphatic rings. The number of aryl methyl sites for hydroxylation is 2. The zero-order valence-electron chi connectivity index (χ0n) is 14.6. The summed E-state index contributed by atoms with van der Waals surface area (Å²) < 4.78 is 27.0. The second-order valence-electron chi connectivity index (χ2n) is 5.76. The summed E-state index contributed by atoms with van der Waals surface area (Å²) in [5.74, 6) is -0.0968. The third-order valence-corrected chi connectivity index (χ3v) is 5.69. The van der Waals surface area contributed by atoms with Crippen LogP contribution in [0.3, 0.4) is 0 Å². The van der Waals surface area contributed by atoms with E-state index in [1.54, 1.807) is 29.6 Å². The number of anilines is 2. The van der Waals surface area contributed by atoms with E-state index in [1.165, 1.54) is 12.1 Å². The summed E-state index contributed by atoms with van der Waals surface area (Å²) in [5.41, 5.74) is 1.96. The van der Waals surface area contributed by atoms with Gasteiger partial charge in [-0.25, -0.2) is 23.4 Å². The van der Waals surface area contributed by atoms with Crippen molar-refractivity contribution in [1.82, 2.24) is 15.0 Å². The molecule has 0 atom stereocenters. The number of aromatic nitrogens is 3. The molecule has 0 radical (unpaired) electrons. The van der Waals surface area contributed by atoms with E-state index >= 15 is 0 Å². The van der Waals surface area contributed by atoms with E-state index in [4.69, 9.17) is 0 Å². The van der Waals surface area contributed by atoms with Gasteiger partial charge in [-0.15, -0.1) is 11.3 Å². The Balaban J connectivity index is 1.64. The third-order valence-electron chi connectivity index (χ3n) is 3.40. The minimum atomic E-state index is -3.71. The fourth-order valence-corrected chi connectivity index (χ4v) is 4.31. The van der Waals surface area contributed by atoms with Gasteiger partial charge in [0.15, 0.2) is 5.13 Å². The molecule has 2 aromatic heterocycles. The number of thiazole rings is 1. The van der Waals surface area contributed by atoms with Gasteiger partial charge in [0.2, 0.25) is 11.9 Å². The zero-order valence-corrected chi connectivity index (χ0v) is 16.3. The average molecular weight is 403 g/mol. The molecule has 1 aromatic carbocycles. The van der Waals surface area contributed by atoms with Crippen molar-refractivity contribution in [3.8, 4) is 0 Å². The summed E-state index contributed by atoms with van der Waals surface area (Å²) in [6.07, 6.45) is -0.0140. The fourth-order valence-electron chi connectivity index (χ4n) is 2.32. The Labute approximate surface area is 160 Å². The van der Waals surface area contributed by atoms with Crippen molar-refractivity contribution in [2.45, 2.75) is 25.2 Å². The van der Waals surface area contributed by atoms with Crippen molar-refractivity contribution in [3.63, 3.8) is 0 Å². The molecule has 2 N–H and O–H groups in total. The smallest absolute Gasteiger partial charge is 0.263 e. The molecule has 1 amide bonds. The first kappa shape index (κ1) is 18.9. The Morgan fingerprint density at radius 2 is 1.74 bits per heavy atom. The molecule has 0 unspecified atom stereocenters. The summed E-state index contributed by atoms with van der Waals surface area (Å²) in [6.45, 7) is 3.63. The fraction of sp³-hybridized carbons (Fsp3) is 0.176. The first-order valence-electron chi connectivity index (χ1n) is 7.96. The van der Waals surface area contributed by atoms with Crippen molar-refractivity contribution >= 4 is 38.3 Å². The van der Waals surface area contributed by atoms with Crippen LogP contribution >= 0.6 is 11.3 Å². The highest BCUT2D eigenvalue weighted by atomic mass is 32.2. The molecule has 0 aliphatic carbocycles. The van der Waals surface area contributed by atoms with Crippen LogP contribution in [0.2, 0.25) is 0 Å². The molecule has 27 heavy (non-hydrogen) atoms. The van der Waals surface area contributed by atoms with Gasteiger partial charge in [0.05, 0.1) is 17.0 Å². The van der Waals surface area contributed by atoms with Gasteiger partial charge in [0.1, 0.15) is 0 Å². The number of benzene rings is 1. The van der Waals surface area contributed by atoms with Gasteiger partial charge in [-0.3, -0.25) is 14.8 Å². The maximum atomic E-state index is 12.3. The molecule has 3 aromatic rings. The Morgan fingerprint density at radius 1 is 1.07 bits per heavy atom. The zero-order chi connectivity index (χ0) is 19.4. The molecule has 140 valence electrons. The topological polar surface area (TPSA) is 114 Å². The van der Waals surface area contributed by atoms with Crippen LogP contribution < -0.4 is 10.0 Å². The molecule has 0 fully saturated rings. The number of nitrogens with zero attached hydrogens (tertiary/aromatic N) is 3. The van der Waals surface area contributed by atoms with Crippen LogP contribution in [-0.4, -0.2) is 29.3 Å². The Kier molecular flexibility index (Phi) is 5.47. The highest BCUT2D eigenvalue weighted by Gasteiger charge is 2.16. The number of amides is 1. The van der Waals surface area contributed by atoms with E-state index in [9.17, 15) is 13.2 Å². The summed E-state index contributed by atoms with van der Waals surface area (Å²) in [5, 5.41) is 4.45. The molecule has 8 nitrogen and oxygen atoms in total. The van der Waals surface area contributed by atoms with E-state index in [1.807, 2.05) is 13.8 Å². The molecular weight excluding hydrogens is 386 g/mol. The number of hydrogen-bond acceptors (Lipinski definition) is 7. The van der Waals surface area contributed by atoms with Crippen LogP contribution in [-0.2, 0) is 21.2 Å². The number of hydrogen-bond donors (Lipinski definition) is 2. The number of nitrogens with one attached hydrogen (secondary N) is 2. The first-order valence-corrected chi connectivity index (χ1v) is 10.3. The van der Waals surface area contributed by atoms with Gasteiger partial charge in [-0.05, 0) is 32.0 Å². The lowest BCUT2D eigenvalue weighted by molar-refractivity contribution is -0.115. The van der Waals surface area contributed by atoms with Crippen molar-refractivity contribution in [2.75, 3.05) is 10.0 Å². The Morgan fingerprint density at radius 3 is 2.41 bits per heavy atom. The lowest BCUT2D eigenvalue weighted by Crippen LogP contribution is -2.17. The summed E-state index contributed by atoms with van der Waals surface area (Å²) in [6, 6.07) is 9.81. The van der Waals surface area contributed by atoms with Crippen LogP contribution in [0.4, 0.5) is 11.1 Å². The van der Waals surface area contributed by atoms with Gasteiger partial charge >= 0.3 is 0 Å². The maximum absolute atomic E-state index is 12.3. The van der Waals surface area contributed by atoms with Crippen molar-refractivity contribution in [2.24, 2.45) is 0 Å². The van der Waals surface area contributed by atoms with Gasteiger partial charge in [0.25, 0.3) is 10.0 Å². The molecule has 0 spiro atoms. The van der Waals surface area contributed by atoms with Crippen LogP contribution in [0.15, 0.2) is 46.7 Å². The second-order valence-corrected chi connectivity index (χ2v) is 8.30. The van der Waals surface area contributed by atoms with Gasteiger partial charge in [-0.2, -0.15) is 0 Å². The van der Waals surface area contributed by atoms with Crippen molar-refractivity contribution < 1.29 is 13.2 Å². The van der Waals surface area contributed by atoms with Crippen molar-refractivity contribution in [3.05, 3.63) is 58.9 Å². The van der Waals surface area contributed by atoms with E-state index in [0.29, 0.717) is 5.69 Å². The lowest BCUT2D eigenvalue weighted by Gasteiger charge is -2.05. The number of sulfonamides is 1. The molecule has 0 saturated carbocycles. The highest BCUT2D eigenvalue weighted by Crippen LogP contribution is 2.20. The van der Waals surface area contributed by atoms with E-state index in [-0.39, 0.29) is 28.3 Å². The van der Waals surface area contributed by atoms with Gasteiger partial charge < -0.3 is 0 Å². The Hall–Kier alpha value is -2.85. The second kappa shape index (κ2) is 7.80. The first-order chi connectivity index (χ1) is 12.8. The SMILES string of the molecule is Cc1cc(C)nc(NC(=O)Cc2csc(NS(=O)(=O)c3ccccc3)n2)n1. The summed E-state index contributed by atoms with van der Waals surface area (Å²) in [7, 11) is -3.71. The number of rotatable bonds is 6. The van der Waals surface area contributed by atoms with Gasteiger partial charge in [-0.1, -0.05) is 18.2 Å². The quantitative estimate of drug-likeness (QED) is 0.654. The standard InChI is InChI=1S/C17H17N5O3S2/c1-11-8-12(2)19-16(18-11)21-15(23)9-13-10-26-17(20-13)22-27(24,25)14-6-4-3-5-7-14/h3-8,10H,9H2,1-2H3,(H,20,22)(H,18,19,21,23). The Bertz CT molecular complexity index is 1040. The monoisotopic (exact) mass is 403 g/mol. The van der Waals surface area contributed by atoms with Crippen LogP contribution in [0, 0.1) is 13.8 Å². The lowest BCUT2D eigenvalue weighted by atomic mass is 10.3. The largest absolute Gasteiger partial charge is 0.294 e. The molecule has 0 saturated heterocycles. The van der Waals surface area contributed by atoms with E-state index < -0.39 is 10.0 Å². The third kappa shape index (κ3) is 5.08. The minimum absolute atomic E-state index is 0.0140. The van der Waals surface area contributed by atoms with Crippen LogP contribution in [0.1, 0.15) is 17.1 Å². The molecule has 10 heteroatoms. The highest BCUT2D eigenvalue weighted by molar-refractivity contribution is 7.93. The van der Waals surface area contributed by atoms with Crippen LogP contribution in [0.5, 0.6) is 0 Å². The number of carbonyl (C=O) groups excluding carboxylic acids is 1. The summed E-state index contributed by atoms with van der Waals surface area (Å²) in [4.78, 5) is 24.8. The van der Waals surface area contributed by atoms with E-state index in [0.717, 1.165) is 22.7 Å². The molecule has 0 aliphatic heterocycles. The van der Waals surface area contributed by atoms with Crippen LogP contribution in [0.25, 0.3) is 0 Å². The minimum Gasteiger partial charge on any atom is -0.294 e. The predicted molar refractivity (Wildman–Crippen MR) is 103 cm³/mol. The average Bonchev–Trinajstić information content (AvgIpc) is 3.00. The molecular formula is C17H17N5O3S2. The van der Waals surface area contributed by atoms with Gasteiger partial charge in [0, 0.05) is 16.8 Å². The normalized spacial score (nSPS) is 11.2.